The van der Waals surface area contributed by atoms with E-state index in [1.165, 1.54) is 0 Å². The summed E-state index contributed by atoms with van der Waals surface area (Å²) in [6, 6.07) is 0. The number of carbonyl (C=O) groups is 1. The summed E-state index contributed by atoms with van der Waals surface area (Å²) < 4.78 is 0. The summed E-state index contributed by atoms with van der Waals surface area (Å²) in [6.07, 6.45) is 0.924. The topological polar surface area (TPSA) is 75.3 Å². The Morgan fingerprint density at radius 3 is 2.47 bits per heavy atom. The second kappa shape index (κ2) is 6.51. The minimum atomic E-state index is -0.0806. The maximum absolute atomic E-state index is 12.1. The van der Waals surface area contributed by atoms with Crippen LogP contribution in [0.3, 0.4) is 0 Å². The Morgan fingerprint density at radius 2 is 2.00 bits per heavy atom. The third-order valence-electron chi connectivity index (χ3n) is 2.22. The first kappa shape index (κ1) is 13.9. The van der Waals surface area contributed by atoms with Crippen molar-refractivity contribution in [1.29, 1.82) is 0 Å². The van der Waals surface area contributed by atoms with Gasteiger partial charge >= 0.3 is 0 Å². The zero-order valence-corrected chi connectivity index (χ0v) is 11.3. The second-order valence-corrected chi connectivity index (χ2v) is 5.05. The zero-order chi connectivity index (χ0) is 12.8. The lowest BCUT2D eigenvalue weighted by Gasteiger charge is -2.22. The Balaban J connectivity index is 2.66. The molecule has 0 saturated heterocycles. The predicted octanol–water partition coefficient (Wildman–Crippen LogP) is 0.534. The molecule has 0 aliphatic carbocycles. The monoisotopic (exact) mass is 257 g/mol. The predicted molar refractivity (Wildman–Crippen MR) is 69.1 cm³/mol. The van der Waals surface area contributed by atoms with Gasteiger partial charge in [0.05, 0.1) is 0 Å². The van der Waals surface area contributed by atoms with Gasteiger partial charge in [-0.05, 0) is 20.5 Å². The highest BCUT2D eigenvalue weighted by Gasteiger charge is 2.19. The number of rotatable bonds is 6. The molecule has 0 fully saturated rings. The highest BCUT2D eigenvalue weighted by molar-refractivity contribution is 7.16. The van der Waals surface area contributed by atoms with E-state index < -0.39 is 0 Å². The number of anilines is 1. The molecule has 0 unspecified atom stereocenters. The molecule has 2 N–H and O–H groups in total. The Hall–Kier alpha value is -1.21. The molecule has 7 heteroatoms. The number of hydrogen-bond donors (Lipinski definition) is 1. The van der Waals surface area contributed by atoms with Crippen molar-refractivity contribution in [2.45, 2.75) is 13.3 Å². The number of carbonyl (C=O) groups excluding carboxylic acids is 1. The van der Waals surface area contributed by atoms with Gasteiger partial charge in [0, 0.05) is 19.6 Å². The summed E-state index contributed by atoms with van der Waals surface area (Å²) in [6.45, 7) is 4.30. The second-order valence-electron chi connectivity index (χ2n) is 4.04. The van der Waals surface area contributed by atoms with E-state index in [1.807, 2.05) is 25.9 Å². The molecule has 1 heterocycles. The molecule has 0 saturated carbocycles. The summed E-state index contributed by atoms with van der Waals surface area (Å²) in [5.41, 5.74) is 5.48. The molecule has 0 bridgehead atoms. The number of nitrogens with zero attached hydrogens (tertiary/aromatic N) is 4. The first-order valence-corrected chi connectivity index (χ1v) is 6.39. The van der Waals surface area contributed by atoms with Gasteiger partial charge in [-0.3, -0.25) is 4.79 Å². The number of likely N-dealkylation sites (N-methyl/N-ethyl adjacent to an activating group) is 1. The van der Waals surface area contributed by atoms with Crippen molar-refractivity contribution < 1.29 is 4.79 Å². The normalized spacial score (nSPS) is 10.8. The van der Waals surface area contributed by atoms with Crippen LogP contribution in [-0.2, 0) is 0 Å². The van der Waals surface area contributed by atoms with E-state index in [2.05, 4.69) is 10.2 Å². The molecular formula is C10H19N5OS. The maximum Gasteiger partial charge on any atom is 0.284 e. The van der Waals surface area contributed by atoms with Crippen LogP contribution in [0, 0.1) is 0 Å². The van der Waals surface area contributed by atoms with Gasteiger partial charge in [-0.1, -0.05) is 18.3 Å². The van der Waals surface area contributed by atoms with Crippen LogP contribution in [0.15, 0.2) is 0 Å². The Labute approximate surface area is 105 Å². The van der Waals surface area contributed by atoms with Gasteiger partial charge in [0.25, 0.3) is 5.91 Å². The molecule has 1 aromatic heterocycles. The van der Waals surface area contributed by atoms with Gasteiger partial charge in [-0.25, -0.2) is 0 Å². The highest BCUT2D eigenvalue weighted by atomic mass is 32.1. The van der Waals surface area contributed by atoms with Crippen LogP contribution in [0.5, 0.6) is 0 Å². The van der Waals surface area contributed by atoms with Crippen molar-refractivity contribution in [2.24, 2.45) is 0 Å². The third kappa shape index (κ3) is 4.27. The van der Waals surface area contributed by atoms with Crippen LogP contribution in [-0.4, -0.2) is 59.6 Å². The lowest BCUT2D eigenvalue weighted by Crippen LogP contribution is -2.37. The number of amides is 1. The van der Waals surface area contributed by atoms with Crippen molar-refractivity contribution in [3.05, 3.63) is 5.01 Å². The molecule has 1 amide bonds. The van der Waals surface area contributed by atoms with E-state index in [4.69, 9.17) is 5.73 Å². The summed E-state index contributed by atoms with van der Waals surface area (Å²) in [7, 11) is 3.97. The molecule has 0 aliphatic heterocycles. The van der Waals surface area contributed by atoms with E-state index in [1.54, 1.807) is 4.90 Å². The summed E-state index contributed by atoms with van der Waals surface area (Å²) in [4.78, 5) is 16.0. The van der Waals surface area contributed by atoms with Crippen LogP contribution in [0.2, 0.25) is 0 Å². The minimum Gasteiger partial charge on any atom is -0.374 e. The van der Waals surface area contributed by atoms with Crippen LogP contribution >= 0.6 is 11.3 Å². The van der Waals surface area contributed by atoms with Crippen molar-refractivity contribution in [3.8, 4) is 0 Å². The first-order chi connectivity index (χ1) is 8.04. The standard InChI is InChI=1S/C10H19N5OS/c1-4-5-15(7-6-14(2)3)9(16)8-12-13-10(11)17-8/h4-7H2,1-3H3,(H2,11,13). The Bertz CT molecular complexity index is 365. The van der Waals surface area contributed by atoms with E-state index >= 15 is 0 Å². The summed E-state index contributed by atoms with van der Waals surface area (Å²) in [5, 5.41) is 8.15. The SMILES string of the molecule is CCCN(CCN(C)C)C(=O)c1nnc(N)s1. The number of nitrogens with two attached hydrogens (primary N) is 1. The van der Waals surface area contributed by atoms with Gasteiger partial charge < -0.3 is 15.5 Å². The average molecular weight is 257 g/mol. The number of hydrogen-bond acceptors (Lipinski definition) is 6. The molecule has 6 nitrogen and oxygen atoms in total. The maximum atomic E-state index is 12.1. The molecular weight excluding hydrogens is 238 g/mol. The smallest absolute Gasteiger partial charge is 0.284 e. The van der Waals surface area contributed by atoms with Gasteiger partial charge in [-0.15, -0.1) is 10.2 Å². The number of aromatic nitrogens is 2. The van der Waals surface area contributed by atoms with Crippen molar-refractivity contribution in [3.63, 3.8) is 0 Å². The molecule has 96 valence electrons. The van der Waals surface area contributed by atoms with Crippen LogP contribution in [0.4, 0.5) is 5.13 Å². The molecule has 1 aromatic rings. The average Bonchev–Trinajstić information content (AvgIpc) is 2.70. The van der Waals surface area contributed by atoms with Crippen molar-refractivity contribution >= 4 is 22.4 Å². The third-order valence-corrected chi connectivity index (χ3v) is 2.96. The largest absolute Gasteiger partial charge is 0.374 e. The van der Waals surface area contributed by atoms with Gasteiger partial charge in [0.2, 0.25) is 10.1 Å². The lowest BCUT2D eigenvalue weighted by molar-refractivity contribution is 0.0743. The van der Waals surface area contributed by atoms with E-state index in [9.17, 15) is 4.79 Å². The molecule has 0 atom stereocenters. The van der Waals surface area contributed by atoms with Crippen molar-refractivity contribution in [2.75, 3.05) is 39.5 Å². The molecule has 17 heavy (non-hydrogen) atoms. The molecule has 0 radical (unpaired) electrons. The zero-order valence-electron chi connectivity index (χ0n) is 10.5. The summed E-state index contributed by atoms with van der Waals surface area (Å²) >= 11 is 1.14. The van der Waals surface area contributed by atoms with E-state index in [-0.39, 0.29) is 5.91 Å². The van der Waals surface area contributed by atoms with Gasteiger partial charge in [0.15, 0.2) is 0 Å². The lowest BCUT2D eigenvalue weighted by atomic mass is 10.3. The van der Waals surface area contributed by atoms with Crippen molar-refractivity contribution in [1.82, 2.24) is 20.0 Å². The Kier molecular flexibility index (Phi) is 5.30. The van der Waals surface area contributed by atoms with Crippen LogP contribution in [0.25, 0.3) is 0 Å². The summed E-state index contributed by atoms with van der Waals surface area (Å²) in [5.74, 6) is -0.0806. The Morgan fingerprint density at radius 1 is 1.29 bits per heavy atom. The molecule has 0 aliphatic rings. The molecule has 1 rings (SSSR count). The number of nitrogen functional groups attached to an aromatic ring is 1. The fourth-order valence-electron chi connectivity index (χ4n) is 1.36. The quantitative estimate of drug-likeness (QED) is 0.804. The van der Waals surface area contributed by atoms with Crippen LogP contribution < -0.4 is 5.73 Å². The fraction of sp³-hybridized carbons (Fsp3) is 0.700. The van der Waals surface area contributed by atoms with Gasteiger partial charge in [0.1, 0.15) is 0 Å². The van der Waals surface area contributed by atoms with Gasteiger partial charge in [-0.2, -0.15) is 0 Å². The highest BCUT2D eigenvalue weighted by Crippen LogP contribution is 2.13. The first-order valence-electron chi connectivity index (χ1n) is 5.57. The van der Waals surface area contributed by atoms with E-state index in [0.29, 0.717) is 16.7 Å². The fourth-order valence-corrected chi connectivity index (χ4v) is 1.94. The minimum absolute atomic E-state index is 0.0806. The van der Waals surface area contributed by atoms with Crippen LogP contribution in [0.1, 0.15) is 23.1 Å². The molecule has 0 aromatic carbocycles. The molecule has 0 spiro atoms. The van der Waals surface area contributed by atoms with E-state index in [0.717, 1.165) is 30.8 Å².